The summed E-state index contributed by atoms with van der Waals surface area (Å²) >= 11 is 0. The number of rotatable bonds is 5. The number of aliphatic hydroxyl groups excluding tert-OH is 1. The summed E-state index contributed by atoms with van der Waals surface area (Å²) in [5.74, 6) is -0.440. The summed E-state index contributed by atoms with van der Waals surface area (Å²) in [5.41, 5.74) is 1.21. The van der Waals surface area contributed by atoms with Crippen molar-refractivity contribution in [3.05, 3.63) is 95.2 Å². The third kappa shape index (κ3) is 4.90. The van der Waals surface area contributed by atoms with Crippen LogP contribution in [0.3, 0.4) is 0 Å². The van der Waals surface area contributed by atoms with Gasteiger partial charge in [-0.05, 0) is 49.4 Å². The maximum atomic E-state index is 13.6. The highest BCUT2D eigenvalue weighted by atomic mass is 16.3. The topological polar surface area (TPSA) is 101 Å². The Kier molecular flexibility index (Phi) is 6.83. The number of nitrogens with zero attached hydrogens (tertiary/aromatic N) is 4. The first-order chi connectivity index (χ1) is 18.9. The van der Waals surface area contributed by atoms with Crippen LogP contribution in [0.5, 0.6) is 0 Å². The highest BCUT2D eigenvalue weighted by Crippen LogP contribution is 2.40. The number of amides is 1. The molecule has 1 amide bonds. The van der Waals surface area contributed by atoms with Crippen LogP contribution in [0.1, 0.15) is 43.6 Å². The number of carbonyl (C=O) groups is 1. The standard InChI is InChI=1S/C31H34N4O4/c36-26-13-7-12-24(27(26)22-8-3-1-4-9-22)29(37)33-18-15-31(39,16-19-33)20-34-21-32-28-25(30(34)38)14-17-35(28)23-10-5-2-6-11-23/h1-6,8-11,14,17,21,24,26-27,36,39H,7,12-13,15-16,18-20H2. The SMILES string of the molecule is O=C(C1CCCC(O)C1c1ccccc1)N1CCC(O)(Cn2cnc3c(ccn3-c3ccccc3)c2=O)CC1. The van der Waals surface area contributed by atoms with Crippen LogP contribution >= 0.6 is 0 Å². The Morgan fingerprint density at radius 2 is 1.67 bits per heavy atom. The lowest BCUT2D eigenvalue weighted by atomic mass is 9.72. The molecular weight excluding hydrogens is 492 g/mol. The molecule has 0 radical (unpaired) electrons. The molecule has 3 unspecified atom stereocenters. The van der Waals surface area contributed by atoms with Crippen molar-refractivity contribution in [1.29, 1.82) is 0 Å². The number of hydrogen-bond donors (Lipinski definition) is 2. The molecule has 1 aliphatic carbocycles. The highest BCUT2D eigenvalue weighted by molar-refractivity contribution is 5.80. The van der Waals surface area contributed by atoms with E-state index in [-0.39, 0.29) is 29.8 Å². The van der Waals surface area contributed by atoms with Gasteiger partial charge in [-0.3, -0.25) is 14.2 Å². The Labute approximate surface area is 227 Å². The number of piperidine rings is 1. The second-order valence-electron chi connectivity index (χ2n) is 11.0. The molecule has 2 aliphatic rings. The van der Waals surface area contributed by atoms with Crippen LogP contribution in [0.4, 0.5) is 0 Å². The van der Waals surface area contributed by atoms with Gasteiger partial charge in [-0.1, -0.05) is 55.0 Å². The van der Waals surface area contributed by atoms with E-state index < -0.39 is 11.7 Å². The van der Waals surface area contributed by atoms with Gasteiger partial charge in [-0.2, -0.15) is 0 Å². The fraction of sp³-hybridized carbons (Fsp3) is 0.387. The molecule has 2 N–H and O–H groups in total. The van der Waals surface area contributed by atoms with E-state index in [4.69, 9.17) is 0 Å². The molecule has 8 nitrogen and oxygen atoms in total. The summed E-state index contributed by atoms with van der Waals surface area (Å²) in [7, 11) is 0. The molecule has 1 saturated heterocycles. The number of benzene rings is 2. The van der Waals surface area contributed by atoms with Crippen LogP contribution < -0.4 is 5.56 Å². The van der Waals surface area contributed by atoms with Crippen molar-refractivity contribution in [3.63, 3.8) is 0 Å². The molecule has 2 fully saturated rings. The first-order valence-corrected chi connectivity index (χ1v) is 13.8. The van der Waals surface area contributed by atoms with Crippen LogP contribution in [0.25, 0.3) is 16.7 Å². The van der Waals surface area contributed by atoms with Gasteiger partial charge in [0.05, 0.1) is 23.6 Å². The number of aliphatic hydroxyl groups is 2. The molecule has 3 atom stereocenters. The van der Waals surface area contributed by atoms with Gasteiger partial charge in [0.1, 0.15) is 6.33 Å². The molecule has 2 aromatic heterocycles. The molecule has 4 aromatic rings. The zero-order chi connectivity index (χ0) is 27.0. The molecule has 1 aliphatic heterocycles. The van der Waals surface area contributed by atoms with Crippen molar-refractivity contribution in [3.8, 4) is 5.69 Å². The van der Waals surface area contributed by atoms with Crippen LogP contribution in [0.15, 0.2) is 84.0 Å². The number of hydrogen-bond acceptors (Lipinski definition) is 5. The van der Waals surface area contributed by atoms with E-state index in [0.717, 1.165) is 24.1 Å². The normalized spacial score (nSPS) is 23.1. The van der Waals surface area contributed by atoms with E-state index in [0.29, 0.717) is 43.4 Å². The second-order valence-corrected chi connectivity index (χ2v) is 11.0. The van der Waals surface area contributed by atoms with Gasteiger partial charge >= 0.3 is 0 Å². The fourth-order valence-electron chi connectivity index (χ4n) is 6.40. The Morgan fingerprint density at radius 1 is 0.974 bits per heavy atom. The van der Waals surface area contributed by atoms with Crippen molar-refractivity contribution >= 4 is 16.9 Å². The summed E-state index contributed by atoms with van der Waals surface area (Å²) < 4.78 is 3.36. The maximum Gasteiger partial charge on any atom is 0.262 e. The van der Waals surface area contributed by atoms with Crippen LogP contribution in [-0.2, 0) is 11.3 Å². The molecule has 3 heterocycles. The summed E-state index contributed by atoms with van der Waals surface area (Å²) in [6.45, 7) is 0.957. The second kappa shape index (κ2) is 10.4. The molecular formula is C31H34N4O4. The molecule has 8 heteroatoms. The van der Waals surface area contributed by atoms with Gasteiger partial charge in [0.15, 0.2) is 5.65 Å². The lowest BCUT2D eigenvalue weighted by molar-refractivity contribution is -0.143. The first kappa shape index (κ1) is 25.5. The average Bonchev–Trinajstić information content (AvgIpc) is 3.40. The minimum absolute atomic E-state index is 0.0483. The van der Waals surface area contributed by atoms with Crippen LogP contribution in [0.2, 0.25) is 0 Å². The van der Waals surface area contributed by atoms with Crippen molar-refractivity contribution in [2.45, 2.75) is 56.3 Å². The quantitative estimate of drug-likeness (QED) is 0.415. The van der Waals surface area contributed by atoms with Crippen LogP contribution in [-0.4, -0.2) is 59.9 Å². The monoisotopic (exact) mass is 526 g/mol. The largest absolute Gasteiger partial charge is 0.392 e. The molecule has 6 rings (SSSR count). The first-order valence-electron chi connectivity index (χ1n) is 13.8. The van der Waals surface area contributed by atoms with Gasteiger partial charge in [0.2, 0.25) is 5.91 Å². The van der Waals surface area contributed by atoms with E-state index in [1.165, 1.54) is 10.9 Å². The minimum atomic E-state index is -1.11. The smallest absolute Gasteiger partial charge is 0.262 e. The Balaban J connectivity index is 1.15. The third-order valence-electron chi connectivity index (χ3n) is 8.54. The van der Waals surface area contributed by atoms with Gasteiger partial charge in [-0.15, -0.1) is 0 Å². The Bertz CT molecular complexity index is 1510. The Hall–Kier alpha value is -3.75. The van der Waals surface area contributed by atoms with Crippen molar-refractivity contribution in [2.75, 3.05) is 13.1 Å². The number of carbonyl (C=O) groups excluding carboxylic acids is 1. The molecule has 202 valence electrons. The van der Waals surface area contributed by atoms with E-state index in [2.05, 4.69) is 4.98 Å². The highest BCUT2D eigenvalue weighted by Gasteiger charge is 2.42. The summed E-state index contributed by atoms with van der Waals surface area (Å²) in [6, 6.07) is 21.3. The predicted molar refractivity (Wildman–Crippen MR) is 149 cm³/mol. The lowest BCUT2D eigenvalue weighted by Crippen LogP contribution is -2.52. The zero-order valence-electron chi connectivity index (χ0n) is 21.9. The molecule has 1 saturated carbocycles. The minimum Gasteiger partial charge on any atom is -0.392 e. The van der Waals surface area contributed by atoms with Crippen molar-refractivity contribution in [1.82, 2.24) is 19.0 Å². The number of aromatic nitrogens is 3. The molecule has 2 aromatic carbocycles. The van der Waals surface area contributed by atoms with Gasteiger partial charge < -0.3 is 19.7 Å². The van der Waals surface area contributed by atoms with Crippen molar-refractivity contribution < 1.29 is 15.0 Å². The number of para-hydroxylation sites is 1. The van der Waals surface area contributed by atoms with Crippen molar-refractivity contribution in [2.24, 2.45) is 5.92 Å². The number of fused-ring (bicyclic) bond motifs is 1. The van der Waals surface area contributed by atoms with E-state index >= 15 is 0 Å². The zero-order valence-corrected chi connectivity index (χ0v) is 21.9. The van der Waals surface area contributed by atoms with Gasteiger partial charge in [0, 0.05) is 36.8 Å². The van der Waals surface area contributed by atoms with E-state index in [9.17, 15) is 19.8 Å². The molecule has 0 spiro atoms. The third-order valence-corrected chi connectivity index (χ3v) is 8.54. The lowest BCUT2D eigenvalue weighted by Gasteiger charge is -2.42. The van der Waals surface area contributed by atoms with Gasteiger partial charge in [0.25, 0.3) is 5.56 Å². The molecule has 0 bridgehead atoms. The predicted octanol–water partition coefficient (Wildman–Crippen LogP) is 3.49. The summed E-state index contributed by atoms with van der Waals surface area (Å²) in [5, 5.41) is 22.7. The number of likely N-dealkylation sites (tertiary alicyclic amines) is 1. The fourth-order valence-corrected chi connectivity index (χ4v) is 6.40. The Morgan fingerprint density at radius 3 is 2.38 bits per heavy atom. The van der Waals surface area contributed by atoms with E-state index in [1.54, 1.807) is 6.07 Å². The molecule has 39 heavy (non-hydrogen) atoms. The summed E-state index contributed by atoms with van der Waals surface area (Å²) in [6.07, 6.45) is 5.83. The average molecular weight is 527 g/mol. The van der Waals surface area contributed by atoms with E-state index in [1.807, 2.05) is 76.3 Å². The maximum absolute atomic E-state index is 13.6. The van der Waals surface area contributed by atoms with Crippen LogP contribution in [0, 0.1) is 5.92 Å². The van der Waals surface area contributed by atoms with Gasteiger partial charge in [-0.25, -0.2) is 4.98 Å². The summed E-state index contributed by atoms with van der Waals surface area (Å²) in [4.78, 5) is 33.3.